The molecule has 0 saturated carbocycles. The van der Waals surface area contributed by atoms with Crippen LogP contribution in [0.5, 0.6) is 5.75 Å². The summed E-state index contributed by atoms with van der Waals surface area (Å²) in [6.07, 6.45) is 3.28. The van der Waals surface area contributed by atoms with Gasteiger partial charge in [0.2, 0.25) is 0 Å². The third-order valence-electron chi connectivity index (χ3n) is 3.09. The zero-order valence-electron chi connectivity index (χ0n) is 10.2. The van der Waals surface area contributed by atoms with E-state index in [1.54, 1.807) is 0 Å². The Morgan fingerprint density at radius 2 is 2.19 bits per heavy atom. The Bertz CT molecular complexity index is 360. The molecule has 2 nitrogen and oxygen atoms in total. The summed E-state index contributed by atoms with van der Waals surface area (Å²) in [7, 11) is 0. The van der Waals surface area contributed by atoms with Crippen molar-refractivity contribution >= 4 is 0 Å². The molecule has 0 aliphatic carbocycles. The van der Waals surface area contributed by atoms with Crippen molar-refractivity contribution in [2.45, 2.75) is 39.2 Å². The lowest BCUT2D eigenvalue weighted by Gasteiger charge is -2.20. The highest BCUT2D eigenvalue weighted by Crippen LogP contribution is 2.28. The zero-order chi connectivity index (χ0) is 11.5. The lowest BCUT2D eigenvalue weighted by molar-refractivity contribution is 0.288. The van der Waals surface area contributed by atoms with Gasteiger partial charge in [-0.25, -0.2) is 0 Å². The van der Waals surface area contributed by atoms with Crippen LogP contribution < -0.4 is 10.5 Å². The van der Waals surface area contributed by atoms with Crippen LogP contribution in [0, 0.1) is 5.92 Å². The lowest BCUT2D eigenvalue weighted by Crippen LogP contribution is -2.14. The fourth-order valence-corrected chi connectivity index (χ4v) is 2.25. The minimum Gasteiger partial charge on any atom is -0.493 e. The number of nitrogens with two attached hydrogens (primary N) is 1. The number of rotatable bonds is 3. The van der Waals surface area contributed by atoms with E-state index in [2.05, 4.69) is 32.0 Å². The summed E-state index contributed by atoms with van der Waals surface area (Å²) in [5.74, 6) is 1.69. The zero-order valence-corrected chi connectivity index (χ0v) is 10.2. The van der Waals surface area contributed by atoms with Crippen LogP contribution in [0.2, 0.25) is 0 Å². The van der Waals surface area contributed by atoms with Gasteiger partial charge in [-0.15, -0.1) is 0 Å². The Morgan fingerprint density at radius 1 is 1.38 bits per heavy atom. The topological polar surface area (TPSA) is 35.2 Å². The molecule has 1 aromatic rings. The molecule has 1 aromatic carbocycles. The molecule has 16 heavy (non-hydrogen) atoms. The van der Waals surface area contributed by atoms with Crippen molar-refractivity contribution < 1.29 is 4.74 Å². The molecule has 0 bridgehead atoms. The maximum absolute atomic E-state index is 6.19. The second-order valence-corrected chi connectivity index (χ2v) is 5.06. The average molecular weight is 219 g/mol. The number of fused-ring (bicyclic) bond motifs is 1. The maximum atomic E-state index is 6.19. The van der Waals surface area contributed by atoms with Gasteiger partial charge in [-0.3, -0.25) is 0 Å². The number of hydrogen-bond acceptors (Lipinski definition) is 2. The summed E-state index contributed by atoms with van der Waals surface area (Å²) < 4.78 is 5.60. The first-order chi connectivity index (χ1) is 7.66. The van der Waals surface area contributed by atoms with E-state index < -0.39 is 0 Å². The van der Waals surface area contributed by atoms with Crippen molar-refractivity contribution in [3.05, 3.63) is 29.3 Å². The van der Waals surface area contributed by atoms with Gasteiger partial charge in [0, 0.05) is 6.04 Å². The van der Waals surface area contributed by atoms with E-state index in [4.69, 9.17) is 10.5 Å². The molecule has 0 saturated heterocycles. The summed E-state index contributed by atoms with van der Waals surface area (Å²) >= 11 is 0. The van der Waals surface area contributed by atoms with Crippen LogP contribution in [0.4, 0.5) is 0 Å². The van der Waals surface area contributed by atoms with Crippen LogP contribution in [-0.2, 0) is 6.42 Å². The van der Waals surface area contributed by atoms with Gasteiger partial charge in [0.15, 0.2) is 0 Å². The third-order valence-corrected chi connectivity index (χ3v) is 3.09. The Hall–Kier alpha value is -1.02. The number of ether oxygens (including phenoxy) is 1. The van der Waals surface area contributed by atoms with Crippen molar-refractivity contribution in [2.75, 3.05) is 6.61 Å². The minimum atomic E-state index is 0.159. The molecule has 2 heteroatoms. The summed E-state index contributed by atoms with van der Waals surface area (Å²) in [4.78, 5) is 0. The number of aryl methyl sites for hydroxylation is 1. The van der Waals surface area contributed by atoms with Crippen LogP contribution in [0.1, 0.15) is 43.9 Å². The monoisotopic (exact) mass is 219 g/mol. The first-order valence-corrected chi connectivity index (χ1v) is 6.18. The van der Waals surface area contributed by atoms with Crippen molar-refractivity contribution in [1.29, 1.82) is 0 Å². The molecule has 0 aromatic heterocycles. The molecular weight excluding hydrogens is 198 g/mol. The van der Waals surface area contributed by atoms with Crippen molar-refractivity contribution in [3.8, 4) is 5.75 Å². The third kappa shape index (κ3) is 2.56. The molecule has 1 heterocycles. The van der Waals surface area contributed by atoms with Gasteiger partial charge in [0.25, 0.3) is 0 Å². The highest BCUT2D eigenvalue weighted by atomic mass is 16.5. The minimum absolute atomic E-state index is 0.159. The molecule has 0 radical (unpaired) electrons. The summed E-state index contributed by atoms with van der Waals surface area (Å²) in [5.41, 5.74) is 8.76. The standard InChI is InChI=1S/C14H21NO/c1-10(2)8-13(15)11-5-6-14-12(9-11)4-3-7-16-14/h5-6,9-10,13H,3-4,7-8,15H2,1-2H3. The molecule has 0 spiro atoms. The fraction of sp³-hybridized carbons (Fsp3) is 0.571. The van der Waals surface area contributed by atoms with Crippen LogP contribution >= 0.6 is 0 Å². The molecule has 1 unspecified atom stereocenters. The van der Waals surface area contributed by atoms with E-state index in [0.29, 0.717) is 5.92 Å². The van der Waals surface area contributed by atoms with Crippen LogP contribution in [-0.4, -0.2) is 6.61 Å². The summed E-state index contributed by atoms with van der Waals surface area (Å²) in [6, 6.07) is 6.56. The number of benzene rings is 1. The Labute approximate surface area is 97.8 Å². The second-order valence-electron chi connectivity index (χ2n) is 5.06. The van der Waals surface area contributed by atoms with Gasteiger partial charge in [0.1, 0.15) is 5.75 Å². The van der Waals surface area contributed by atoms with Crippen LogP contribution in [0.15, 0.2) is 18.2 Å². The van der Waals surface area contributed by atoms with E-state index in [9.17, 15) is 0 Å². The summed E-state index contributed by atoms with van der Waals surface area (Å²) in [6.45, 7) is 5.27. The van der Waals surface area contributed by atoms with Gasteiger partial charge in [-0.1, -0.05) is 26.0 Å². The Kier molecular flexibility index (Phi) is 3.49. The van der Waals surface area contributed by atoms with Crippen LogP contribution in [0.25, 0.3) is 0 Å². The molecule has 2 N–H and O–H groups in total. The fourth-order valence-electron chi connectivity index (χ4n) is 2.25. The molecule has 1 atom stereocenters. The van der Waals surface area contributed by atoms with E-state index in [-0.39, 0.29) is 6.04 Å². The van der Waals surface area contributed by atoms with Gasteiger partial charge >= 0.3 is 0 Å². The second kappa shape index (κ2) is 4.88. The van der Waals surface area contributed by atoms with Crippen molar-refractivity contribution in [1.82, 2.24) is 0 Å². The highest BCUT2D eigenvalue weighted by Gasteiger charge is 2.14. The van der Waals surface area contributed by atoms with E-state index >= 15 is 0 Å². The van der Waals surface area contributed by atoms with Crippen LogP contribution in [0.3, 0.4) is 0 Å². The molecule has 1 aliphatic rings. The smallest absolute Gasteiger partial charge is 0.122 e. The lowest BCUT2D eigenvalue weighted by atomic mass is 9.94. The van der Waals surface area contributed by atoms with Crippen molar-refractivity contribution in [3.63, 3.8) is 0 Å². The average Bonchev–Trinajstić information content (AvgIpc) is 2.27. The molecule has 1 aliphatic heterocycles. The summed E-state index contributed by atoms with van der Waals surface area (Å²) in [5, 5.41) is 0. The van der Waals surface area contributed by atoms with Gasteiger partial charge in [-0.2, -0.15) is 0 Å². The normalized spacial score (nSPS) is 16.8. The Morgan fingerprint density at radius 3 is 2.94 bits per heavy atom. The molecular formula is C14H21NO. The van der Waals surface area contributed by atoms with Gasteiger partial charge in [0.05, 0.1) is 6.61 Å². The molecule has 2 rings (SSSR count). The first kappa shape index (κ1) is 11.5. The van der Waals surface area contributed by atoms with Gasteiger partial charge in [-0.05, 0) is 42.4 Å². The quantitative estimate of drug-likeness (QED) is 0.848. The van der Waals surface area contributed by atoms with E-state index in [0.717, 1.165) is 31.6 Å². The molecule has 0 amide bonds. The van der Waals surface area contributed by atoms with E-state index in [1.807, 2.05) is 0 Å². The highest BCUT2D eigenvalue weighted by molar-refractivity contribution is 5.39. The Balaban J connectivity index is 2.16. The largest absolute Gasteiger partial charge is 0.493 e. The maximum Gasteiger partial charge on any atom is 0.122 e. The number of hydrogen-bond donors (Lipinski definition) is 1. The SMILES string of the molecule is CC(C)CC(N)c1ccc2c(c1)CCCO2. The first-order valence-electron chi connectivity index (χ1n) is 6.18. The molecule has 88 valence electrons. The predicted octanol–water partition coefficient (Wildman–Crippen LogP) is 3.06. The molecule has 0 fully saturated rings. The van der Waals surface area contributed by atoms with E-state index in [1.165, 1.54) is 11.1 Å². The van der Waals surface area contributed by atoms with Crippen molar-refractivity contribution in [2.24, 2.45) is 11.7 Å². The van der Waals surface area contributed by atoms with Gasteiger partial charge < -0.3 is 10.5 Å². The predicted molar refractivity (Wildman–Crippen MR) is 66.6 cm³/mol.